The number of benzene rings is 1. The van der Waals surface area contributed by atoms with Crippen LogP contribution in [0.5, 0.6) is 0 Å². The van der Waals surface area contributed by atoms with Gasteiger partial charge in [0.2, 0.25) is 0 Å². The van der Waals surface area contributed by atoms with Crippen molar-refractivity contribution >= 4 is 11.7 Å². The molecule has 0 radical (unpaired) electrons. The predicted octanol–water partition coefficient (Wildman–Crippen LogP) is 1.64. The van der Waals surface area contributed by atoms with E-state index in [2.05, 4.69) is 53.5 Å². The average Bonchev–Trinajstić information content (AvgIpc) is 2.60. The van der Waals surface area contributed by atoms with Gasteiger partial charge in [-0.2, -0.15) is 0 Å². The summed E-state index contributed by atoms with van der Waals surface area (Å²) in [5.74, 6) is 0.426. The standard InChI is InChI=1S/C19H32N4O2/c1-15(2)12-17(14-24)21-19(25)20-13-16-6-4-5-7-18(16)23-10-8-22(3)9-11-23/h4-7,15,17,24H,8-14H2,1-3H3,(H2,20,21,25)/t17-/m0/s1. The maximum absolute atomic E-state index is 12.1. The number of aliphatic hydroxyl groups excluding tert-OH is 1. The minimum absolute atomic E-state index is 0.0382. The van der Waals surface area contributed by atoms with E-state index >= 15 is 0 Å². The molecule has 25 heavy (non-hydrogen) atoms. The second-order valence-electron chi connectivity index (χ2n) is 7.26. The third-order valence-electron chi connectivity index (χ3n) is 4.59. The quantitative estimate of drug-likeness (QED) is 0.701. The molecule has 1 atom stereocenters. The number of rotatable bonds is 7. The Balaban J connectivity index is 1.91. The molecule has 3 N–H and O–H groups in total. The lowest BCUT2D eigenvalue weighted by Crippen LogP contribution is -2.45. The zero-order chi connectivity index (χ0) is 18.2. The van der Waals surface area contributed by atoms with Crippen LogP contribution < -0.4 is 15.5 Å². The van der Waals surface area contributed by atoms with Gasteiger partial charge < -0.3 is 25.5 Å². The molecule has 0 unspecified atom stereocenters. The van der Waals surface area contributed by atoms with Gasteiger partial charge in [-0.3, -0.25) is 0 Å². The molecule has 0 bridgehead atoms. The van der Waals surface area contributed by atoms with E-state index in [0.717, 1.165) is 38.2 Å². The topological polar surface area (TPSA) is 67.8 Å². The number of urea groups is 1. The first-order chi connectivity index (χ1) is 12.0. The number of amides is 2. The molecule has 1 aliphatic rings. The van der Waals surface area contributed by atoms with Crippen molar-refractivity contribution in [2.45, 2.75) is 32.9 Å². The van der Waals surface area contributed by atoms with Gasteiger partial charge in [0, 0.05) is 38.4 Å². The Morgan fingerprint density at radius 1 is 1.20 bits per heavy atom. The van der Waals surface area contributed by atoms with Gasteiger partial charge in [0.05, 0.1) is 12.6 Å². The third-order valence-corrected chi connectivity index (χ3v) is 4.59. The molecular formula is C19H32N4O2. The Kier molecular flexibility index (Phi) is 7.52. The summed E-state index contributed by atoms with van der Waals surface area (Å²) in [6, 6.07) is 7.80. The van der Waals surface area contributed by atoms with Crippen LogP contribution in [0.15, 0.2) is 24.3 Å². The van der Waals surface area contributed by atoms with Gasteiger partial charge in [-0.1, -0.05) is 32.0 Å². The smallest absolute Gasteiger partial charge is 0.315 e. The maximum Gasteiger partial charge on any atom is 0.315 e. The zero-order valence-electron chi connectivity index (χ0n) is 15.7. The Labute approximate surface area is 151 Å². The van der Waals surface area contributed by atoms with Crippen LogP contribution in [-0.2, 0) is 6.54 Å². The van der Waals surface area contributed by atoms with Gasteiger partial charge >= 0.3 is 6.03 Å². The molecule has 1 aromatic rings. The van der Waals surface area contributed by atoms with E-state index < -0.39 is 0 Å². The van der Waals surface area contributed by atoms with Gasteiger partial charge in [0.25, 0.3) is 0 Å². The van der Waals surface area contributed by atoms with E-state index in [1.807, 2.05) is 12.1 Å². The van der Waals surface area contributed by atoms with Crippen molar-refractivity contribution in [3.8, 4) is 0 Å². The number of hydrogen-bond donors (Lipinski definition) is 3. The second-order valence-corrected chi connectivity index (χ2v) is 7.26. The first kappa shape index (κ1) is 19.5. The van der Waals surface area contributed by atoms with Gasteiger partial charge in [-0.25, -0.2) is 4.79 Å². The van der Waals surface area contributed by atoms with Gasteiger partial charge in [0.15, 0.2) is 0 Å². The molecule has 6 heteroatoms. The summed E-state index contributed by atoms with van der Waals surface area (Å²) in [5, 5.41) is 15.2. The number of para-hydroxylation sites is 1. The number of hydrogen-bond acceptors (Lipinski definition) is 4. The minimum Gasteiger partial charge on any atom is -0.394 e. The molecule has 1 aliphatic heterocycles. The van der Waals surface area contributed by atoms with Crippen LogP contribution in [0, 0.1) is 5.92 Å². The lowest BCUT2D eigenvalue weighted by molar-refractivity contribution is 0.206. The Morgan fingerprint density at radius 2 is 1.88 bits per heavy atom. The Hall–Kier alpha value is -1.79. The molecule has 140 valence electrons. The number of anilines is 1. The van der Waals surface area contributed by atoms with Crippen molar-refractivity contribution in [3.63, 3.8) is 0 Å². The molecule has 1 saturated heterocycles. The Bertz CT molecular complexity index is 542. The first-order valence-electron chi connectivity index (χ1n) is 9.16. The summed E-state index contributed by atoms with van der Waals surface area (Å²) in [6.07, 6.45) is 0.766. The van der Waals surface area contributed by atoms with E-state index in [4.69, 9.17) is 0 Å². The fourth-order valence-electron chi connectivity index (χ4n) is 3.18. The molecule has 0 spiro atoms. The van der Waals surface area contributed by atoms with Crippen molar-refractivity contribution in [1.82, 2.24) is 15.5 Å². The van der Waals surface area contributed by atoms with Crippen LogP contribution in [0.4, 0.5) is 10.5 Å². The summed E-state index contributed by atoms with van der Waals surface area (Å²) in [4.78, 5) is 16.9. The van der Waals surface area contributed by atoms with E-state index in [9.17, 15) is 9.90 Å². The van der Waals surface area contributed by atoms with E-state index in [-0.39, 0.29) is 18.7 Å². The van der Waals surface area contributed by atoms with E-state index in [0.29, 0.717) is 12.5 Å². The fraction of sp³-hybridized carbons (Fsp3) is 0.632. The summed E-state index contributed by atoms with van der Waals surface area (Å²) in [7, 11) is 2.14. The zero-order valence-corrected chi connectivity index (χ0v) is 15.7. The van der Waals surface area contributed by atoms with E-state index in [1.54, 1.807) is 0 Å². The minimum atomic E-state index is -0.229. The maximum atomic E-state index is 12.1. The third kappa shape index (κ3) is 6.21. The highest BCUT2D eigenvalue weighted by Crippen LogP contribution is 2.21. The van der Waals surface area contributed by atoms with Crippen LogP contribution in [0.1, 0.15) is 25.8 Å². The van der Waals surface area contributed by atoms with E-state index in [1.165, 1.54) is 5.69 Å². The molecule has 1 fully saturated rings. The van der Waals surface area contributed by atoms with Crippen LogP contribution in [0.3, 0.4) is 0 Å². The summed E-state index contributed by atoms with van der Waals surface area (Å²) < 4.78 is 0. The molecule has 6 nitrogen and oxygen atoms in total. The number of carbonyl (C=O) groups is 1. The lowest BCUT2D eigenvalue weighted by atomic mass is 10.0. The molecule has 0 saturated carbocycles. The van der Waals surface area contributed by atoms with Gasteiger partial charge in [0.1, 0.15) is 0 Å². The van der Waals surface area contributed by atoms with Gasteiger partial charge in [-0.05, 0) is 31.0 Å². The second kappa shape index (κ2) is 9.63. The molecule has 1 aromatic carbocycles. The number of nitrogens with zero attached hydrogens (tertiary/aromatic N) is 2. The van der Waals surface area contributed by atoms with Crippen molar-refractivity contribution in [2.24, 2.45) is 5.92 Å². The SMILES string of the molecule is CC(C)C[C@@H](CO)NC(=O)NCc1ccccc1N1CCN(C)CC1. The van der Waals surface area contributed by atoms with Crippen molar-refractivity contribution in [2.75, 3.05) is 44.7 Å². The van der Waals surface area contributed by atoms with Gasteiger partial charge in [-0.15, -0.1) is 0 Å². The molecule has 2 rings (SSSR count). The largest absolute Gasteiger partial charge is 0.394 e. The number of piperazine rings is 1. The summed E-state index contributed by atoms with van der Waals surface area (Å²) >= 11 is 0. The number of nitrogens with one attached hydrogen (secondary N) is 2. The molecular weight excluding hydrogens is 316 g/mol. The van der Waals surface area contributed by atoms with Crippen LogP contribution in [0.25, 0.3) is 0 Å². The fourth-order valence-corrected chi connectivity index (χ4v) is 3.18. The molecule has 2 amide bonds. The normalized spacial score (nSPS) is 16.8. The highest BCUT2D eigenvalue weighted by Gasteiger charge is 2.17. The molecule has 1 heterocycles. The highest BCUT2D eigenvalue weighted by molar-refractivity contribution is 5.74. The molecule has 0 aromatic heterocycles. The van der Waals surface area contributed by atoms with Crippen molar-refractivity contribution < 1.29 is 9.90 Å². The average molecular weight is 348 g/mol. The van der Waals surface area contributed by atoms with Crippen molar-refractivity contribution in [3.05, 3.63) is 29.8 Å². The van der Waals surface area contributed by atoms with Crippen LogP contribution in [0.2, 0.25) is 0 Å². The lowest BCUT2D eigenvalue weighted by Gasteiger charge is -2.35. The number of likely N-dealkylation sites (N-methyl/N-ethyl adjacent to an activating group) is 1. The first-order valence-corrected chi connectivity index (χ1v) is 9.16. The Morgan fingerprint density at radius 3 is 2.52 bits per heavy atom. The van der Waals surface area contributed by atoms with Crippen molar-refractivity contribution in [1.29, 1.82) is 0 Å². The van der Waals surface area contributed by atoms with Crippen LogP contribution in [-0.4, -0.2) is 61.9 Å². The number of aliphatic hydroxyl groups is 1. The summed E-state index contributed by atoms with van der Waals surface area (Å²) in [6.45, 7) is 8.70. The predicted molar refractivity (Wildman–Crippen MR) is 102 cm³/mol. The molecule has 0 aliphatic carbocycles. The number of carbonyl (C=O) groups excluding carboxylic acids is 1. The summed E-state index contributed by atoms with van der Waals surface area (Å²) in [5.41, 5.74) is 2.31. The highest BCUT2D eigenvalue weighted by atomic mass is 16.3. The monoisotopic (exact) mass is 348 g/mol. The van der Waals surface area contributed by atoms with Crippen LogP contribution >= 0.6 is 0 Å².